The topological polar surface area (TPSA) is 42.4 Å². The van der Waals surface area contributed by atoms with Gasteiger partial charge in [-0.25, -0.2) is 0 Å². The van der Waals surface area contributed by atoms with Gasteiger partial charge < -0.3 is 9.64 Å². The van der Waals surface area contributed by atoms with Gasteiger partial charge in [-0.2, -0.15) is 0 Å². The Bertz CT molecular complexity index is 1060. The number of ether oxygens (including phenoxy) is 1. The molecular formula is C34H48N2O2. The Hall–Kier alpha value is -1.68. The molecule has 0 N–H and O–H groups in total. The summed E-state index contributed by atoms with van der Waals surface area (Å²) in [6.45, 7) is 8.61. The van der Waals surface area contributed by atoms with Gasteiger partial charge in [0, 0.05) is 18.9 Å². The maximum Gasteiger partial charge on any atom is 0.309 e. The molecule has 0 bridgehead atoms. The maximum absolute atomic E-state index is 13.1. The molecule has 6 aliphatic rings. The average Bonchev–Trinajstić information content (AvgIpc) is 3.67. The van der Waals surface area contributed by atoms with E-state index in [-0.39, 0.29) is 18.0 Å². The van der Waals surface area contributed by atoms with Gasteiger partial charge in [-0.3, -0.25) is 9.78 Å². The van der Waals surface area contributed by atoms with Gasteiger partial charge in [-0.05, 0) is 148 Å². The Morgan fingerprint density at radius 1 is 1.03 bits per heavy atom. The molecule has 7 atom stereocenters. The zero-order valence-corrected chi connectivity index (χ0v) is 23.7. The number of carbonyl (C=O) groups is 1. The highest BCUT2D eigenvalue weighted by molar-refractivity contribution is 5.73. The predicted octanol–water partition coefficient (Wildman–Crippen LogP) is 7.15. The highest BCUT2D eigenvalue weighted by atomic mass is 16.5. The summed E-state index contributed by atoms with van der Waals surface area (Å²) >= 11 is 0. The minimum absolute atomic E-state index is 0.117. The third-order valence-electron chi connectivity index (χ3n) is 12.6. The van der Waals surface area contributed by atoms with E-state index in [1.807, 2.05) is 6.20 Å². The molecule has 1 saturated heterocycles. The number of likely N-dealkylation sites (tertiary alicyclic amines) is 1. The van der Waals surface area contributed by atoms with Crippen molar-refractivity contribution in [3.8, 4) is 0 Å². The van der Waals surface area contributed by atoms with E-state index < -0.39 is 0 Å². The second kappa shape index (κ2) is 9.75. The van der Waals surface area contributed by atoms with E-state index in [9.17, 15) is 4.79 Å². The van der Waals surface area contributed by atoms with Gasteiger partial charge in [0.05, 0.1) is 5.92 Å². The largest absolute Gasteiger partial charge is 0.462 e. The van der Waals surface area contributed by atoms with E-state index in [0.717, 1.165) is 62.4 Å². The first-order valence-corrected chi connectivity index (χ1v) is 16.0. The Balaban J connectivity index is 0.968. The van der Waals surface area contributed by atoms with Crippen molar-refractivity contribution in [1.82, 2.24) is 9.88 Å². The van der Waals surface area contributed by atoms with Gasteiger partial charge >= 0.3 is 5.97 Å². The van der Waals surface area contributed by atoms with Crippen molar-refractivity contribution < 1.29 is 9.53 Å². The third-order valence-corrected chi connectivity index (χ3v) is 12.6. The molecule has 2 heterocycles. The van der Waals surface area contributed by atoms with Gasteiger partial charge in [0.15, 0.2) is 0 Å². The molecule has 1 aliphatic heterocycles. The minimum Gasteiger partial charge on any atom is -0.462 e. The van der Waals surface area contributed by atoms with Crippen molar-refractivity contribution in [3.05, 3.63) is 36.2 Å². The van der Waals surface area contributed by atoms with Crippen LogP contribution in [0.15, 0.2) is 30.6 Å². The maximum atomic E-state index is 13.1. The van der Waals surface area contributed by atoms with E-state index in [1.54, 1.807) is 5.57 Å². The van der Waals surface area contributed by atoms with Crippen LogP contribution in [0, 0.1) is 46.3 Å². The van der Waals surface area contributed by atoms with Crippen LogP contribution in [0.5, 0.6) is 0 Å². The lowest BCUT2D eigenvalue weighted by Crippen LogP contribution is -2.54. The first-order chi connectivity index (χ1) is 18.4. The number of allylic oxidation sites excluding steroid dienone is 2. The highest BCUT2D eigenvalue weighted by Gasteiger charge is 2.59. The van der Waals surface area contributed by atoms with Crippen molar-refractivity contribution in [2.45, 2.75) is 97.0 Å². The molecule has 206 valence electrons. The number of aromatic nitrogens is 1. The van der Waals surface area contributed by atoms with E-state index in [2.05, 4.69) is 48.1 Å². The zero-order chi connectivity index (χ0) is 25.9. The molecule has 7 rings (SSSR count). The number of hydrogen-bond donors (Lipinski definition) is 0. The summed E-state index contributed by atoms with van der Waals surface area (Å²) < 4.78 is 6.27. The molecule has 1 aromatic rings. The molecule has 0 radical (unpaired) electrons. The van der Waals surface area contributed by atoms with Crippen LogP contribution in [0.1, 0.15) is 96.5 Å². The minimum atomic E-state index is 0.117. The lowest BCUT2D eigenvalue weighted by Gasteiger charge is -2.61. The van der Waals surface area contributed by atoms with Crippen LogP contribution >= 0.6 is 0 Å². The zero-order valence-electron chi connectivity index (χ0n) is 23.7. The third kappa shape index (κ3) is 4.38. The molecular weight excluding hydrogens is 468 g/mol. The van der Waals surface area contributed by atoms with Crippen molar-refractivity contribution >= 4 is 11.5 Å². The van der Waals surface area contributed by atoms with Crippen LogP contribution in [0.2, 0.25) is 0 Å². The van der Waals surface area contributed by atoms with Crippen molar-refractivity contribution in [1.29, 1.82) is 0 Å². The highest BCUT2D eigenvalue weighted by Crippen LogP contribution is 2.67. The predicted molar refractivity (Wildman–Crippen MR) is 151 cm³/mol. The lowest BCUT2D eigenvalue weighted by atomic mass is 9.44. The monoisotopic (exact) mass is 516 g/mol. The normalized spacial score (nSPS) is 41.5. The first-order valence-electron chi connectivity index (χ1n) is 16.0. The molecule has 4 nitrogen and oxygen atoms in total. The second-order valence-corrected chi connectivity index (χ2v) is 14.6. The standard InChI is InChI=1S/C34H48N2O2/c1-33-15-11-27(38-32(37)24-13-18-36(19-14-24)22-23-5-6-23)20-26(33)7-8-28-30-10-9-29(25-4-3-17-35-21-25)34(30,2)16-12-31(28)33/h3-4,9,17,21,23-24,26-28,30-31H,5-8,10-16,18-20,22H2,1-2H3/t26?,27?,28?,30?,31?,33-,34?/m0/s1. The van der Waals surface area contributed by atoms with E-state index in [4.69, 9.17) is 4.74 Å². The van der Waals surface area contributed by atoms with Crippen molar-refractivity contribution in [2.24, 2.45) is 46.3 Å². The molecule has 4 heteroatoms. The summed E-state index contributed by atoms with van der Waals surface area (Å²) in [4.78, 5) is 20.2. The van der Waals surface area contributed by atoms with Crippen LogP contribution in [0.3, 0.4) is 0 Å². The number of hydrogen-bond acceptors (Lipinski definition) is 4. The molecule has 0 spiro atoms. The summed E-state index contributed by atoms with van der Waals surface area (Å²) in [5, 5.41) is 0. The number of piperidine rings is 1. The summed E-state index contributed by atoms with van der Waals surface area (Å²) in [5.74, 6) is 4.34. The van der Waals surface area contributed by atoms with Gasteiger partial charge in [-0.1, -0.05) is 26.0 Å². The summed E-state index contributed by atoms with van der Waals surface area (Å²) in [5.41, 5.74) is 3.62. The average molecular weight is 517 g/mol. The molecule has 4 saturated carbocycles. The van der Waals surface area contributed by atoms with E-state index in [0.29, 0.717) is 16.7 Å². The number of rotatable bonds is 5. The van der Waals surface area contributed by atoms with E-state index >= 15 is 0 Å². The molecule has 1 aromatic heterocycles. The van der Waals surface area contributed by atoms with Crippen LogP contribution < -0.4 is 0 Å². The number of fused-ring (bicyclic) bond motifs is 5. The van der Waals surface area contributed by atoms with Gasteiger partial charge in [0.2, 0.25) is 0 Å². The molecule has 0 aromatic carbocycles. The fraction of sp³-hybridized carbons (Fsp3) is 0.765. The van der Waals surface area contributed by atoms with Gasteiger partial charge in [0.1, 0.15) is 6.10 Å². The molecule has 5 aliphatic carbocycles. The Morgan fingerprint density at radius 3 is 2.63 bits per heavy atom. The molecule has 5 fully saturated rings. The second-order valence-electron chi connectivity index (χ2n) is 14.6. The van der Waals surface area contributed by atoms with Crippen LogP contribution in [0.4, 0.5) is 0 Å². The van der Waals surface area contributed by atoms with Crippen LogP contribution in [-0.4, -0.2) is 41.6 Å². The Kier molecular flexibility index (Phi) is 6.49. The number of esters is 1. The fourth-order valence-corrected chi connectivity index (χ4v) is 10.1. The van der Waals surface area contributed by atoms with Gasteiger partial charge in [-0.15, -0.1) is 0 Å². The first kappa shape index (κ1) is 25.3. The van der Waals surface area contributed by atoms with Crippen LogP contribution in [0.25, 0.3) is 5.57 Å². The number of pyridine rings is 1. The quantitative estimate of drug-likeness (QED) is 0.390. The van der Waals surface area contributed by atoms with Crippen molar-refractivity contribution in [3.63, 3.8) is 0 Å². The fourth-order valence-electron chi connectivity index (χ4n) is 10.1. The molecule has 38 heavy (non-hydrogen) atoms. The Morgan fingerprint density at radius 2 is 1.87 bits per heavy atom. The number of nitrogens with zero attached hydrogens (tertiary/aromatic N) is 2. The smallest absolute Gasteiger partial charge is 0.309 e. The van der Waals surface area contributed by atoms with E-state index in [1.165, 1.54) is 63.5 Å². The summed E-state index contributed by atoms with van der Waals surface area (Å²) in [7, 11) is 0. The van der Waals surface area contributed by atoms with Gasteiger partial charge in [0.25, 0.3) is 0 Å². The molecule has 6 unspecified atom stereocenters. The van der Waals surface area contributed by atoms with Crippen LogP contribution in [-0.2, 0) is 9.53 Å². The summed E-state index contributed by atoms with van der Waals surface area (Å²) in [6, 6.07) is 4.35. The SMILES string of the molecule is CC12CCC3C(CCC4CC(OC(=O)C5CCN(CC6CC6)CC5)CC[C@@]43C)C1CC=C2c1cccnc1. The van der Waals surface area contributed by atoms with Crippen molar-refractivity contribution in [2.75, 3.05) is 19.6 Å². The summed E-state index contributed by atoms with van der Waals surface area (Å²) in [6.07, 6.45) is 21.5. The lowest BCUT2D eigenvalue weighted by molar-refractivity contribution is -0.166. The number of carbonyl (C=O) groups excluding carboxylic acids is 1. The molecule has 0 amide bonds. The Labute approximate surface area is 230 Å².